The molecule has 5 heteroatoms. The summed E-state index contributed by atoms with van der Waals surface area (Å²) in [5.41, 5.74) is 6.38. The second kappa shape index (κ2) is 3.40. The lowest BCUT2D eigenvalue weighted by Gasteiger charge is -2.25. The van der Waals surface area contributed by atoms with Crippen LogP contribution in [0.5, 0.6) is 0 Å². The maximum absolute atomic E-state index is 10.7. The zero-order valence-corrected chi connectivity index (χ0v) is 8.57. The van der Waals surface area contributed by atoms with Gasteiger partial charge in [-0.25, -0.2) is 4.79 Å². The van der Waals surface area contributed by atoms with Crippen molar-refractivity contribution in [1.82, 2.24) is 0 Å². The Bertz CT molecular complexity index is 409. The summed E-state index contributed by atoms with van der Waals surface area (Å²) in [6.45, 7) is 0. The fraction of sp³-hybridized carbons (Fsp3) is 0.300. The van der Waals surface area contributed by atoms with Crippen molar-refractivity contribution in [3.05, 3.63) is 35.4 Å². The van der Waals surface area contributed by atoms with Gasteiger partial charge in [0.25, 0.3) is 0 Å². The first-order valence-corrected chi connectivity index (χ1v) is 4.85. The number of nitrogens with two attached hydrogens (primary N) is 1. The maximum Gasteiger partial charge on any atom is 0.406 e. The van der Waals surface area contributed by atoms with E-state index in [1.807, 2.05) is 12.1 Å². The SMILES string of the molecule is NC(=O)OC1(Cl)c2ccccc2CC1O. The molecule has 2 unspecified atom stereocenters. The number of benzene rings is 1. The van der Waals surface area contributed by atoms with Crippen LogP contribution in [0.25, 0.3) is 0 Å². The number of aliphatic hydroxyl groups is 1. The van der Waals surface area contributed by atoms with E-state index in [4.69, 9.17) is 22.1 Å². The summed E-state index contributed by atoms with van der Waals surface area (Å²) < 4.78 is 4.79. The van der Waals surface area contributed by atoms with Crippen molar-refractivity contribution >= 4 is 17.7 Å². The van der Waals surface area contributed by atoms with Crippen molar-refractivity contribution in [1.29, 1.82) is 0 Å². The quantitative estimate of drug-likeness (QED) is 0.706. The zero-order chi connectivity index (χ0) is 11.1. The van der Waals surface area contributed by atoms with Crippen LogP contribution >= 0.6 is 11.6 Å². The minimum absolute atomic E-state index is 0.354. The molecule has 0 aromatic heterocycles. The molecule has 0 spiro atoms. The third kappa shape index (κ3) is 1.56. The number of halogens is 1. The molecule has 1 aliphatic carbocycles. The van der Waals surface area contributed by atoms with Crippen LogP contribution in [0.3, 0.4) is 0 Å². The second-order valence-electron chi connectivity index (χ2n) is 3.44. The number of hydrogen-bond acceptors (Lipinski definition) is 3. The molecule has 0 bridgehead atoms. The summed E-state index contributed by atoms with van der Waals surface area (Å²) in [6.07, 6.45) is -1.61. The Labute approximate surface area is 91.6 Å². The van der Waals surface area contributed by atoms with Crippen LogP contribution in [0, 0.1) is 0 Å². The van der Waals surface area contributed by atoms with Crippen LogP contribution in [0.4, 0.5) is 4.79 Å². The van der Waals surface area contributed by atoms with E-state index >= 15 is 0 Å². The highest BCUT2D eigenvalue weighted by atomic mass is 35.5. The molecule has 2 rings (SSSR count). The highest BCUT2D eigenvalue weighted by molar-refractivity contribution is 6.24. The molecule has 0 saturated carbocycles. The fourth-order valence-electron chi connectivity index (χ4n) is 1.82. The monoisotopic (exact) mass is 227 g/mol. The van der Waals surface area contributed by atoms with Gasteiger partial charge in [0, 0.05) is 12.0 Å². The zero-order valence-electron chi connectivity index (χ0n) is 7.81. The van der Waals surface area contributed by atoms with Gasteiger partial charge in [-0.05, 0) is 5.56 Å². The van der Waals surface area contributed by atoms with Crippen molar-refractivity contribution in [2.75, 3.05) is 0 Å². The van der Waals surface area contributed by atoms with Crippen LogP contribution in [0.1, 0.15) is 11.1 Å². The van der Waals surface area contributed by atoms with Gasteiger partial charge in [-0.3, -0.25) is 0 Å². The van der Waals surface area contributed by atoms with Crippen LogP contribution in [-0.4, -0.2) is 17.3 Å². The smallest absolute Gasteiger partial charge is 0.406 e. The Morgan fingerprint density at radius 3 is 2.93 bits per heavy atom. The molecular formula is C10H10ClNO3. The summed E-state index contributed by atoms with van der Waals surface area (Å²) in [5, 5.41) is 8.21. The van der Waals surface area contributed by atoms with Crippen molar-refractivity contribution in [2.24, 2.45) is 5.73 Å². The Hall–Kier alpha value is -1.26. The first-order chi connectivity index (χ1) is 7.04. The highest BCUT2D eigenvalue weighted by Gasteiger charge is 2.48. The Balaban J connectivity index is 2.44. The molecule has 0 radical (unpaired) electrons. The lowest BCUT2D eigenvalue weighted by molar-refractivity contribution is -0.0141. The van der Waals surface area contributed by atoms with E-state index in [-0.39, 0.29) is 0 Å². The summed E-state index contributed by atoms with van der Waals surface area (Å²) in [5.74, 6) is 0. The minimum atomic E-state index is -1.54. The third-order valence-corrected chi connectivity index (χ3v) is 3.01. The van der Waals surface area contributed by atoms with Crippen LogP contribution in [0.15, 0.2) is 24.3 Å². The largest absolute Gasteiger partial charge is 0.420 e. The predicted octanol–water partition coefficient (Wildman–Crippen LogP) is 1.09. The molecule has 2 atom stereocenters. The second-order valence-corrected chi connectivity index (χ2v) is 4.00. The van der Waals surface area contributed by atoms with Gasteiger partial charge in [0.1, 0.15) is 6.10 Å². The molecular weight excluding hydrogens is 218 g/mol. The summed E-state index contributed by atoms with van der Waals surface area (Å²) in [7, 11) is 0. The van der Waals surface area contributed by atoms with Gasteiger partial charge in [-0.1, -0.05) is 35.9 Å². The van der Waals surface area contributed by atoms with Crippen molar-refractivity contribution in [3.8, 4) is 0 Å². The topological polar surface area (TPSA) is 72.6 Å². The molecule has 0 fully saturated rings. The van der Waals surface area contributed by atoms with E-state index in [0.29, 0.717) is 12.0 Å². The van der Waals surface area contributed by atoms with E-state index in [9.17, 15) is 9.90 Å². The average Bonchev–Trinajstić information content (AvgIpc) is 2.39. The van der Waals surface area contributed by atoms with Crippen molar-refractivity contribution < 1.29 is 14.6 Å². The van der Waals surface area contributed by atoms with E-state index in [0.717, 1.165) is 5.56 Å². The van der Waals surface area contributed by atoms with Gasteiger partial charge in [0.15, 0.2) is 0 Å². The van der Waals surface area contributed by atoms with Crippen molar-refractivity contribution in [3.63, 3.8) is 0 Å². The molecule has 1 aromatic rings. The Kier molecular flexibility index (Phi) is 2.32. The summed E-state index contributed by atoms with van der Waals surface area (Å²) in [6, 6.07) is 7.13. The number of alkyl halides is 1. The molecule has 0 saturated heterocycles. The lowest BCUT2D eigenvalue weighted by atomic mass is 10.1. The standard InChI is InChI=1S/C10H10ClNO3/c11-10(15-9(12)14)7-4-2-1-3-6(7)5-8(10)13/h1-4,8,13H,5H2,(H2,12,14). The van der Waals surface area contributed by atoms with E-state index < -0.39 is 17.3 Å². The summed E-state index contributed by atoms with van der Waals surface area (Å²) in [4.78, 5) is 10.7. The molecule has 0 aliphatic heterocycles. The molecule has 1 aromatic carbocycles. The van der Waals surface area contributed by atoms with Crippen LogP contribution in [0.2, 0.25) is 0 Å². The number of fused-ring (bicyclic) bond motifs is 1. The number of carbonyl (C=O) groups excluding carboxylic acids is 1. The van der Waals surface area contributed by atoms with Gasteiger partial charge in [0.2, 0.25) is 5.06 Å². The third-order valence-electron chi connectivity index (χ3n) is 2.48. The molecule has 0 heterocycles. The number of ether oxygens (including phenoxy) is 1. The number of rotatable bonds is 1. The molecule has 1 aliphatic rings. The molecule has 15 heavy (non-hydrogen) atoms. The Morgan fingerprint density at radius 2 is 2.27 bits per heavy atom. The fourth-order valence-corrected chi connectivity index (χ4v) is 2.16. The summed E-state index contributed by atoms with van der Waals surface area (Å²) >= 11 is 6.07. The van der Waals surface area contributed by atoms with Crippen LogP contribution in [-0.2, 0) is 16.2 Å². The van der Waals surface area contributed by atoms with Gasteiger partial charge >= 0.3 is 6.09 Å². The van der Waals surface area contributed by atoms with E-state index in [1.54, 1.807) is 12.1 Å². The predicted molar refractivity (Wildman–Crippen MR) is 54.4 cm³/mol. The number of primary amides is 1. The molecule has 80 valence electrons. The van der Waals surface area contributed by atoms with Crippen molar-refractivity contribution in [2.45, 2.75) is 17.6 Å². The first-order valence-electron chi connectivity index (χ1n) is 4.48. The first kappa shape index (κ1) is 10.3. The maximum atomic E-state index is 10.7. The van der Waals surface area contributed by atoms with E-state index in [1.165, 1.54) is 0 Å². The molecule has 3 N–H and O–H groups in total. The number of carbonyl (C=O) groups is 1. The molecule has 4 nitrogen and oxygen atoms in total. The number of aliphatic hydroxyl groups excluding tert-OH is 1. The average molecular weight is 228 g/mol. The number of hydrogen-bond donors (Lipinski definition) is 2. The normalized spacial score (nSPS) is 28.5. The van der Waals surface area contributed by atoms with Gasteiger partial charge in [0.05, 0.1) is 0 Å². The van der Waals surface area contributed by atoms with Gasteiger partial charge in [-0.2, -0.15) is 0 Å². The highest BCUT2D eigenvalue weighted by Crippen LogP contribution is 2.43. The lowest BCUT2D eigenvalue weighted by Crippen LogP contribution is -2.37. The Morgan fingerprint density at radius 1 is 1.60 bits per heavy atom. The minimum Gasteiger partial charge on any atom is -0.420 e. The molecule has 1 amide bonds. The van der Waals surface area contributed by atoms with Crippen LogP contribution < -0.4 is 5.73 Å². The number of amides is 1. The van der Waals surface area contributed by atoms with E-state index in [2.05, 4.69) is 0 Å². The van der Waals surface area contributed by atoms with Gasteiger partial charge < -0.3 is 15.6 Å². The van der Waals surface area contributed by atoms with Gasteiger partial charge in [-0.15, -0.1) is 0 Å².